The first-order chi connectivity index (χ1) is 29.7. The number of aromatic nitrogens is 4. The molecular weight excluding hydrogens is 737 g/mol. The molecule has 2 fully saturated rings. The summed E-state index contributed by atoms with van der Waals surface area (Å²) < 4.78 is 0. The zero-order chi connectivity index (χ0) is 40.4. The molecule has 4 atom stereocenters. The monoisotopic (exact) mass is 794 g/mol. The van der Waals surface area contributed by atoms with E-state index in [2.05, 4.69) is 117 Å². The van der Waals surface area contributed by atoms with Gasteiger partial charge in [0.15, 0.2) is 0 Å². The van der Waals surface area contributed by atoms with Crippen molar-refractivity contribution < 1.29 is 0 Å². The molecule has 0 aliphatic heterocycles. The minimum absolute atomic E-state index is 0.375. The van der Waals surface area contributed by atoms with E-state index in [1.54, 1.807) is 0 Å². The molecule has 2 N–H and O–H groups in total. The summed E-state index contributed by atoms with van der Waals surface area (Å²) in [6.45, 7) is 4.91. The van der Waals surface area contributed by atoms with Gasteiger partial charge in [-0.15, -0.1) is 0 Å². The van der Waals surface area contributed by atoms with Gasteiger partial charge < -0.3 is 10.6 Å². The van der Waals surface area contributed by atoms with Crippen molar-refractivity contribution in [3.05, 3.63) is 180 Å². The Balaban J connectivity index is 0.940. The Morgan fingerprint density at radius 3 is 1.17 bits per heavy atom. The van der Waals surface area contributed by atoms with Crippen LogP contribution in [0.5, 0.6) is 0 Å². The van der Waals surface area contributed by atoms with Crippen LogP contribution in [0.1, 0.15) is 85.3 Å². The van der Waals surface area contributed by atoms with Crippen LogP contribution in [-0.2, 0) is 39.3 Å². The van der Waals surface area contributed by atoms with Crippen molar-refractivity contribution in [1.29, 1.82) is 0 Å². The molecule has 0 spiro atoms. The summed E-state index contributed by atoms with van der Waals surface area (Å²) in [5.74, 6) is 0. The van der Waals surface area contributed by atoms with Gasteiger partial charge in [-0.1, -0.05) is 86.3 Å². The second kappa shape index (κ2) is 19.8. The van der Waals surface area contributed by atoms with Crippen molar-refractivity contribution in [2.75, 3.05) is 0 Å². The highest BCUT2D eigenvalue weighted by molar-refractivity contribution is 6.01. The summed E-state index contributed by atoms with van der Waals surface area (Å²) in [6, 6.07) is 45.1. The Kier molecular flexibility index (Phi) is 13.2. The minimum Gasteiger partial charge on any atom is -0.308 e. The molecule has 0 radical (unpaired) electrons. The highest BCUT2D eigenvalue weighted by Gasteiger charge is 2.32. The average molecular weight is 795 g/mol. The van der Waals surface area contributed by atoms with Crippen LogP contribution in [0.25, 0.3) is 21.5 Å². The number of hydrogen-bond donors (Lipinski definition) is 2. The quantitative estimate of drug-likeness (QED) is 0.0937. The highest BCUT2D eigenvalue weighted by Crippen LogP contribution is 2.31. The van der Waals surface area contributed by atoms with E-state index >= 15 is 0 Å². The Bertz CT molecular complexity index is 2150. The third kappa shape index (κ3) is 9.96. The van der Waals surface area contributed by atoms with Gasteiger partial charge in [-0.2, -0.15) is 0 Å². The molecular formula is C52H58N8. The molecule has 4 aromatic heterocycles. The second-order valence-corrected chi connectivity index (χ2v) is 16.9. The Labute approximate surface area is 355 Å². The summed E-state index contributed by atoms with van der Waals surface area (Å²) in [5.41, 5.74) is 7.14. The topological polar surface area (TPSA) is 82.1 Å². The van der Waals surface area contributed by atoms with Crippen molar-refractivity contribution in [3.63, 3.8) is 0 Å². The lowest BCUT2D eigenvalue weighted by atomic mass is 9.88. The summed E-state index contributed by atoms with van der Waals surface area (Å²) in [6.07, 6.45) is 17.3. The fourth-order valence-electron chi connectivity index (χ4n) is 9.92. The van der Waals surface area contributed by atoms with Crippen LogP contribution in [0, 0.1) is 0 Å². The largest absolute Gasteiger partial charge is 0.308 e. The first kappa shape index (κ1) is 40.0. The van der Waals surface area contributed by atoms with E-state index in [0.717, 1.165) is 62.0 Å². The van der Waals surface area contributed by atoms with Crippen molar-refractivity contribution >= 4 is 21.5 Å². The molecule has 0 unspecified atom stereocenters. The lowest BCUT2D eigenvalue weighted by molar-refractivity contribution is 0.104. The van der Waals surface area contributed by atoms with E-state index < -0.39 is 0 Å². The van der Waals surface area contributed by atoms with Crippen LogP contribution in [0.3, 0.4) is 0 Å². The molecule has 7 aromatic rings. The van der Waals surface area contributed by atoms with Gasteiger partial charge in [0, 0.05) is 88.2 Å². The normalized spacial score (nSPS) is 19.6. The van der Waals surface area contributed by atoms with Gasteiger partial charge in [0.05, 0.1) is 22.8 Å². The van der Waals surface area contributed by atoms with Gasteiger partial charge in [0.2, 0.25) is 0 Å². The van der Waals surface area contributed by atoms with Crippen LogP contribution < -0.4 is 10.6 Å². The molecule has 8 nitrogen and oxygen atoms in total. The molecule has 306 valence electrons. The maximum absolute atomic E-state index is 4.73. The molecule has 2 aliphatic rings. The first-order valence-electron chi connectivity index (χ1n) is 22.2. The number of fused-ring (bicyclic) bond motifs is 2. The predicted octanol–water partition coefficient (Wildman–Crippen LogP) is 9.78. The van der Waals surface area contributed by atoms with Crippen LogP contribution >= 0.6 is 0 Å². The van der Waals surface area contributed by atoms with E-state index in [4.69, 9.17) is 19.9 Å². The summed E-state index contributed by atoms with van der Waals surface area (Å²) in [4.78, 5) is 24.1. The fraction of sp³-hybridized carbons (Fsp3) is 0.346. The van der Waals surface area contributed by atoms with E-state index in [1.807, 2.05) is 49.1 Å². The second-order valence-electron chi connectivity index (χ2n) is 16.9. The molecule has 0 amide bonds. The average Bonchev–Trinajstić information content (AvgIpc) is 3.30. The van der Waals surface area contributed by atoms with Gasteiger partial charge in [-0.3, -0.25) is 29.7 Å². The van der Waals surface area contributed by atoms with E-state index in [0.29, 0.717) is 24.2 Å². The zero-order valence-electron chi connectivity index (χ0n) is 34.7. The van der Waals surface area contributed by atoms with Gasteiger partial charge in [0.25, 0.3) is 0 Å². The summed E-state index contributed by atoms with van der Waals surface area (Å²) in [5, 5.41) is 13.5. The van der Waals surface area contributed by atoms with Gasteiger partial charge in [-0.25, -0.2) is 0 Å². The molecule has 60 heavy (non-hydrogen) atoms. The molecule has 4 heterocycles. The number of hydrogen-bond acceptors (Lipinski definition) is 8. The Hall–Kier alpha value is -5.38. The van der Waals surface area contributed by atoms with Crippen LogP contribution in [0.15, 0.2) is 146 Å². The zero-order valence-corrected chi connectivity index (χ0v) is 34.7. The molecule has 2 saturated carbocycles. The van der Waals surface area contributed by atoms with E-state index in [9.17, 15) is 0 Å². The van der Waals surface area contributed by atoms with Gasteiger partial charge in [-0.05, 0) is 119 Å². The van der Waals surface area contributed by atoms with Crippen LogP contribution in [0.4, 0.5) is 0 Å². The van der Waals surface area contributed by atoms with Gasteiger partial charge >= 0.3 is 0 Å². The molecule has 2 aliphatic carbocycles. The van der Waals surface area contributed by atoms with E-state index in [1.165, 1.54) is 84.0 Å². The number of pyridine rings is 4. The SMILES string of the molecule is c1ccc(CN(Cc2ccccn2)[C@@H]2CCCC[C@H]2NCc2cccc3cc4cccc(CN[C@@H]5CCCC[C@H]5N(Cc5ccccn5)Cc5ccccn5)c4cc23)nc1. The van der Waals surface area contributed by atoms with E-state index in [-0.39, 0.29) is 0 Å². The van der Waals surface area contributed by atoms with Crippen LogP contribution in [-0.4, -0.2) is 53.9 Å². The van der Waals surface area contributed by atoms with Crippen molar-refractivity contribution in [2.24, 2.45) is 0 Å². The van der Waals surface area contributed by atoms with Crippen molar-refractivity contribution in [3.8, 4) is 0 Å². The Morgan fingerprint density at radius 1 is 0.417 bits per heavy atom. The summed E-state index contributed by atoms with van der Waals surface area (Å²) >= 11 is 0. The molecule has 9 rings (SSSR count). The predicted molar refractivity (Wildman–Crippen MR) is 243 cm³/mol. The van der Waals surface area contributed by atoms with Crippen molar-refractivity contribution in [2.45, 2.75) is 115 Å². The maximum atomic E-state index is 4.73. The van der Waals surface area contributed by atoms with Crippen molar-refractivity contribution in [1.82, 2.24) is 40.4 Å². The number of rotatable bonds is 16. The Morgan fingerprint density at radius 2 is 0.800 bits per heavy atom. The number of nitrogens with one attached hydrogen (secondary N) is 2. The molecule has 0 bridgehead atoms. The van der Waals surface area contributed by atoms with Crippen LogP contribution in [0.2, 0.25) is 0 Å². The standard InChI is InChI=1S/C52H58N8/c1-3-25-51(59(35-43-19-5-9-27-53-43)36-44-20-6-10-28-54-44)49(23-1)57-33-41-17-13-15-39-31-40-16-14-18-42(48(40)32-47(39)41)34-58-50-24-2-4-26-52(50)60(37-45-21-7-11-29-55-45)38-46-22-8-12-30-56-46/h5-22,27-32,49-52,57-58H,1-4,23-26,33-38H2/t49-,50-,51-,52-/m1/s1. The lowest BCUT2D eigenvalue weighted by Crippen LogP contribution is -2.51. The molecule has 3 aromatic carbocycles. The maximum Gasteiger partial charge on any atom is 0.0544 e. The third-order valence-electron chi connectivity index (χ3n) is 12.9. The number of nitrogens with zero attached hydrogens (tertiary/aromatic N) is 6. The highest BCUT2D eigenvalue weighted by atomic mass is 15.2. The minimum atomic E-state index is 0.375. The smallest absolute Gasteiger partial charge is 0.0544 e. The molecule has 8 heteroatoms. The third-order valence-corrected chi connectivity index (χ3v) is 12.9. The summed E-state index contributed by atoms with van der Waals surface area (Å²) in [7, 11) is 0. The first-order valence-corrected chi connectivity index (χ1v) is 22.2. The molecule has 0 saturated heterocycles. The van der Waals surface area contributed by atoms with Gasteiger partial charge in [0.1, 0.15) is 0 Å². The number of benzene rings is 3. The lowest BCUT2D eigenvalue weighted by Gasteiger charge is -2.40. The fourth-order valence-corrected chi connectivity index (χ4v) is 9.92.